The molecule has 4 N–H and O–H groups in total. The van der Waals surface area contributed by atoms with Gasteiger partial charge in [-0.25, -0.2) is 9.78 Å². The second-order valence-corrected chi connectivity index (χ2v) is 13.7. The molecule has 0 fully saturated rings. The summed E-state index contributed by atoms with van der Waals surface area (Å²) in [5.74, 6) is 0.568. The average Bonchev–Trinajstić information content (AvgIpc) is 3.06. The van der Waals surface area contributed by atoms with Crippen molar-refractivity contribution in [1.82, 2.24) is 15.6 Å². The van der Waals surface area contributed by atoms with Gasteiger partial charge in [-0.3, -0.25) is 19.3 Å². The van der Waals surface area contributed by atoms with E-state index in [4.69, 9.17) is 38.4 Å². The highest BCUT2D eigenvalue weighted by atomic mass is 35.5. The maximum Gasteiger partial charge on any atom is 0.416 e. The minimum Gasteiger partial charge on any atom is -0.490 e. The normalized spacial score (nSPS) is 11.4. The molecule has 0 saturated heterocycles. The number of carbonyl (C=O) groups excluding carboxylic acids is 4. The van der Waals surface area contributed by atoms with Crippen molar-refractivity contribution >= 4 is 53.4 Å². The summed E-state index contributed by atoms with van der Waals surface area (Å²) in [4.78, 5) is 52.1. The van der Waals surface area contributed by atoms with Crippen molar-refractivity contribution in [2.75, 3.05) is 38.3 Å². The number of hydrogen-bond acceptors (Lipinski definition) is 9. The van der Waals surface area contributed by atoms with Crippen LogP contribution in [0, 0.1) is 6.92 Å². The molecule has 1 atom stereocenters. The third kappa shape index (κ3) is 19.5. The maximum absolute atomic E-state index is 12.5. The highest BCUT2D eigenvalue weighted by molar-refractivity contribution is 6.37. The number of nitrogens with one attached hydrogen (secondary N) is 2. The number of ether oxygens (including phenoxy) is 3. The van der Waals surface area contributed by atoms with Gasteiger partial charge in [0.2, 0.25) is 12.3 Å². The Morgan fingerprint density at radius 1 is 1.00 bits per heavy atom. The van der Waals surface area contributed by atoms with Crippen LogP contribution in [0.5, 0.6) is 5.75 Å². The average molecular weight is 755 g/mol. The van der Waals surface area contributed by atoms with Gasteiger partial charge in [0.05, 0.1) is 36.2 Å². The molecule has 286 valence electrons. The predicted molar refractivity (Wildman–Crippen MR) is 202 cm³/mol. The minimum absolute atomic E-state index is 0.0216. The number of aromatic nitrogens is 1. The quantitative estimate of drug-likeness (QED) is 0.0667. The number of anilines is 1. The summed E-state index contributed by atoms with van der Waals surface area (Å²) in [7, 11) is 1.29. The van der Waals surface area contributed by atoms with E-state index in [9.17, 15) is 19.2 Å². The Kier molecular flexibility index (Phi) is 22.6. The molecule has 0 spiro atoms. The number of carbonyl (C=O) groups is 4. The number of unbranched alkanes of at least 4 members (excludes halogenated alkanes) is 6. The van der Waals surface area contributed by atoms with E-state index in [1.807, 2.05) is 46.8 Å². The van der Waals surface area contributed by atoms with E-state index in [-0.39, 0.29) is 12.3 Å². The predicted octanol–water partition coefficient (Wildman–Crippen LogP) is 7.46. The SMILES string of the molecule is CCNC(=O)CCCCN(C(=O)OC(C)(C)C)c1cc(C)ccn1.COC(=O)CC(NC=O)c1cc(Cl)c(OCCCCCCCCN)c(Cl)c1. The Morgan fingerprint density at radius 3 is 2.22 bits per heavy atom. The highest BCUT2D eigenvalue weighted by Crippen LogP contribution is 2.36. The largest absolute Gasteiger partial charge is 0.490 e. The number of pyridine rings is 1. The van der Waals surface area contributed by atoms with E-state index in [0.29, 0.717) is 72.5 Å². The Labute approximate surface area is 313 Å². The summed E-state index contributed by atoms with van der Waals surface area (Å²) >= 11 is 12.6. The number of methoxy groups -OCH3 is 1. The molecular weight excluding hydrogens is 697 g/mol. The van der Waals surface area contributed by atoms with Crippen LogP contribution in [0.3, 0.4) is 0 Å². The molecule has 0 radical (unpaired) electrons. The topological polar surface area (TPSA) is 162 Å². The number of nitrogens with two attached hydrogens (primary N) is 1. The van der Waals surface area contributed by atoms with Crippen molar-refractivity contribution in [2.45, 2.75) is 110 Å². The first kappa shape index (κ1) is 45.4. The molecule has 51 heavy (non-hydrogen) atoms. The van der Waals surface area contributed by atoms with Gasteiger partial charge in [0.1, 0.15) is 11.4 Å². The molecule has 1 unspecified atom stereocenters. The Balaban J connectivity index is 0.000000514. The number of esters is 1. The lowest BCUT2D eigenvalue weighted by atomic mass is 10.0. The van der Waals surface area contributed by atoms with Crippen LogP contribution in [0.15, 0.2) is 30.5 Å². The molecule has 14 heteroatoms. The van der Waals surface area contributed by atoms with Crippen molar-refractivity contribution < 1.29 is 33.4 Å². The number of aryl methyl sites for hydroxylation is 1. The van der Waals surface area contributed by atoms with Gasteiger partial charge in [-0.15, -0.1) is 0 Å². The first-order valence-electron chi connectivity index (χ1n) is 17.5. The smallest absolute Gasteiger partial charge is 0.416 e. The zero-order valence-electron chi connectivity index (χ0n) is 31.0. The Morgan fingerprint density at radius 2 is 1.65 bits per heavy atom. The number of hydrogen-bond donors (Lipinski definition) is 3. The van der Waals surface area contributed by atoms with Gasteiger partial charge in [0.15, 0.2) is 5.75 Å². The van der Waals surface area contributed by atoms with Crippen LogP contribution in [0.4, 0.5) is 10.6 Å². The standard InChI is InChI=1S/C19H28Cl2N2O4.C18H29N3O3/c1-26-18(25)12-17(23-13-24)14-10-15(20)19(16(21)11-14)27-9-7-5-3-2-4-6-8-22;1-6-19-16(22)9-7-8-12-21(17(23)24-18(3,4)5)15-13-14(2)10-11-20-15/h10-11,13,17H,2-9,12,22H2,1H3,(H,23,24);10-11,13H,6-9,12H2,1-5H3,(H,19,22). The molecule has 3 amide bonds. The van der Waals surface area contributed by atoms with Gasteiger partial charge in [0, 0.05) is 25.7 Å². The molecule has 2 rings (SSSR count). The molecule has 2 aromatic rings. The van der Waals surface area contributed by atoms with Gasteiger partial charge >= 0.3 is 12.1 Å². The molecular formula is C37H57Cl2N5O7. The van der Waals surface area contributed by atoms with E-state index in [1.165, 1.54) is 18.4 Å². The van der Waals surface area contributed by atoms with Crippen molar-refractivity contribution in [3.63, 3.8) is 0 Å². The van der Waals surface area contributed by atoms with Crippen LogP contribution < -0.4 is 26.0 Å². The Hall–Kier alpha value is -3.61. The minimum atomic E-state index is -0.576. The fraction of sp³-hybridized carbons (Fsp3) is 0.595. The number of benzene rings is 1. The molecule has 0 saturated carbocycles. The van der Waals surface area contributed by atoms with E-state index < -0.39 is 23.7 Å². The van der Waals surface area contributed by atoms with Gasteiger partial charge < -0.3 is 30.6 Å². The van der Waals surface area contributed by atoms with Gasteiger partial charge in [0.25, 0.3) is 0 Å². The second kappa shape index (κ2) is 25.4. The van der Waals surface area contributed by atoms with Crippen LogP contribution in [0.25, 0.3) is 0 Å². The number of nitrogens with zero attached hydrogens (tertiary/aromatic N) is 2. The van der Waals surface area contributed by atoms with E-state index in [2.05, 4.69) is 20.4 Å². The van der Waals surface area contributed by atoms with Crippen molar-refractivity contribution in [3.8, 4) is 5.75 Å². The number of rotatable bonds is 21. The zero-order chi connectivity index (χ0) is 38.2. The molecule has 0 bridgehead atoms. The van der Waals surface area contributed by atoms with Crippen molar-refractivity contribution in [1.29, 1.82) is 0 Å². The molecule has 1 aromatic heterocycles. The van der Waals surface area contributed by atoms with E-state index in [1.54, 1.807) is 18.3 Å². The van der Waals surface area contributed by atoms with Crippen LogP contribution in [-0.2, 0) is 23.9 Å². The van der Waals surface area contributed by atoms with Crippen LogP contribution in [0.1, 0.15) is 109 Å². The maximum atomic E-state index is 12.5. The molecule has 12 nitrogen and oxygen atoms in total. The third-order valence-electron chi connectivity index (χ3n) is 7.34. The fourth-order valence-corrected chi connectivity index (χ4v) is 5.39. The first-order valence-corrected chi connectivity index (χ1v) is 18.3. The van der Waals surface area contributed by atoms with Crippen LogP contribution >= 0.6 is 23.2 Å². The van der Waals surface area contributed by atoms with Crippen molar-refractivity contribution in [3.05, 3.63) is 51.6 Å². The lowest BCUT2D eigenvalue weighted by Gasteiger charge is -2.27. The summed E-state index contributed by atoms with van der Waals surface area (Å²) in [5, 5.41) is 6.01. The monoisotopic (exact) mass is 753 g/mol. The zero-order valence-corrected chi connectivity index (χ0v) is 32.5. The molecule has 0 aliphatic carbocycles. The molecule has 1 aromatic carbocycles. The van der Waals surface area contributed by atoms with E-state index in [0.717, 1.165) is 44.2 Å². The number of amides is 3. The lowest BCUT2D eigenvalue weighted by molar-refractivity contribution is -0.141. The third-order valence-corrected chi connectivity index (χ3v) is 7.90. The lowest BCUT2D eigenvalue weighted by Crippen LogP contribution is -2.38. The Bertz CT molecular complexity index is 1330. The molecule has 1 heterocycles. The summed E-state index contributed by atoms with van der Waals surface area (Å²) in [5.41, 5.74) is 6.53. The van der Waals surface area contributed by atoms with Crippen molar-refractivity contribution in [2.24, 2.45) is 5.73 Å². The van der Waals surface area contributed by atoms with Gasteiger partial charge in [-0.1, -0.05) is 48.9 Å². The van der Waals surface area contributed by atoms with Gasteiger partial charge in [-0.2, -0.15) is 0 Å². The van der Waals surface area contributed by atoms with Crippen LogP contribution in [0.2, 0.25) is 10.0 Å². The summed E-state index contributed by atoms with van der Waals surface area (Å²) in [6.45, 7) is 11.7. The van der Waals surface area contributed by atoms with Gasteiger partial charge in [-0.05, 0) is 102 Å². The molecule has 0 aliphatic heterocycles. The first-order chi connectivity index (χ1) is 24.3. The highest BCUT2D eigenvalue weighted by Gasteiger charge is 2.24. The second-order valence-electron chi connectivity index (χ2n) is 12.9. The fourth-order valence-electron chi connectivity index (χ4n) is 4.78. The van der Waals surface area contributed by atoms with Crippen LogP contribution in [-0.4, -0.2) is 68.3 Å². The summed E-state index contributed by atoms with van der Waals surface area (Å²) in [6, 6.07) is 6.44. The summed E-state index contributed by atoms with van der Waals surface area (Å²) in [6.07, 6.45) is 10.2. The molecule has 0 aliphatic rings. The number of halogens is 2. The summed E-state index contributed by atoms with van der Waals surface area (Å²) < 4.78 is 15.9. The van der Waals surface area contributed by atoms with E-state index >= 15 is 0 Å².